The van der Waals surface area contributed by atoms with Gasteiger partial charge in [0.15, 0.2) is 0 Å². The zero-order chi connectivity index (χ0) is 13.9. The van der Waals surface area contributed by atoms with Crippen LogP contribution in [-0.4, -0.2) is 11.6 Å². The number of aliphatic imine (C=N–C) groups is 1. The van der Waals surface area contributed by atoms with Crippen LogP contribution in [-0.2, 0) is 4.79 Å². The van der Waals surface area contributed by atoms with Gasteiger partial charge in [0.1, 0.15) is 5.71 Å². The molecule has 0 saturated carbocycles. The lowest BCUT2D eigenvalue weighted by Gasteiger charge is -1.98. The molecule has 3 rings (SSSR count). The zero-order valence-corrected chi connectivity index (χ0v) is 11.0. The third kappa shape index (κ3) is 2.19. The fraction of sp³-hybridized carbons (Fsp3) is 0.0588. The fourth-order valence-corrected chi connectivity index (χ4v) is 2.11. The molecule has 0 aliphatic carbocycles. The summed E-state index contributed by atoms with van der Waals surface area (Å²) >= 11 is 0. The highest BCUT2D eigenvalue weighted by molar-refractivity contribution is 6.54. The van der Waals surface area contributed by atoms with Crippen molar-refractivity contribution < 1.29 is 4.79 Å². The summed E-state index contributed by atoms with van der Waals surface area (Å²) in [6.07, 6.45) is 0. The molecule has 96 valence electrons. The van der Waals surface area contributed by atoms with Gasteiger partial charge in [-0.15, -0.1) is 5.92 Å². The van der Waals surface area contributed by atoms with Gasteiger partial charge < -0.3 is 5.32 Å². The summed E-state index contributed by atoms with van der Waals surface area (Å²) in [5, 5.41) is 2.81. The van der Waals surface area contributed by atoms with Crippen LogP contribution in [0.25, 0.3) is 0 Å². The van der Waals surface area contributed by atoms with Crippen molar-refractivity contribution in [1.29, 1.82) is 0 Å². The molecule has 2 aromatic rings. The van der Waals surface area contributed by atoms with E-state index in [1.165, 1.54) is 0 Å². The van der Waals surface area contributed by atoms with Crippen molar-refractivity contribution >= 4 is 23.0 Å². The molecule has 2 aromatic carbocycles. The summed E-state index contributed by atoms with van der Waals surface area (Å²) in [4.78, 5) is 16.4. The van der Waals surface area contributed by atoms with Crippen molar-refractivity contribution in [3.05, 3.63) is 59.7 Å². The van der Waals surface area contributed by atoms with Gasteiger partial charge in [-0.25, -0.2) is 4.99 Å². The van der Waals surface area contributed by atoms with E-state index in [0.717, 1.165) is 22.5 Å². The highest BCUT2D eigenvalue weighted by Crippen LogP contribution is 2.25. The molecular weight excluding hydrogens is 248 g/mol. The third-order valence-electron chi connectivity index (χ3n) is 3.02. The molecule has 1 aliphatic heterocycles. The van der Waals surface area contributed by atoms with Gasteiger partial charge in [-0.2, -0.15) is 0 Å². The molecule has 1 aliphatic rings. The lowest BCUT2D eigenvalue weighted by atomic mass is 10.1. The predicted molar refractivity (Wildman–Crippen MR) is 80.3 cm³/mol. The third-order valence-corrected chi connectivity index (χ3v) is 3.02. The average Bonchev–Trinajstić information content (AvgIpc) is 2.78. The lowest BCUT2D eigenvalue weighted by Crippen LogP contribution is -2.13. The number of carbonyl (C=O) groups excluding carboxylic acids is 1. The Hall–Kier alpha value is -2.86. The molecule has 0 bridgehead atoms. The fourth-order valence-electron chi connectivity index (χ4n) is 2.11. The van der Waals surface area contributed by atoms with Gasteiger partial charge in [-0.3, -0.25) is 4.79 Å². The Bertz CT molecular complexity index is 762. The summed E-state index contributed by atoms with van der Waals surface area (Å²) in [6.45, 7) is 1.80. The highest BCUT2D eigenvalue weighted by atomic mass is 16.2. The number of hydrogen-bond acceptors (Lipinski definition) is 2. The first kappa shape index (κ1) is 12.2. The van der Waals surface area contributed by atoms with Crippen LogP contribution in [0.1, 0.15) is 18.1 Å². The summed E-state index contributed by atoms with van der Waals surface area (Å²) in [6, 6.07) is 15.1. The zero-order valence-electron chi connectivity index (χ0n) is 11.0. The van der Waals surface area contributed by atoms with Crippen LogP contribution < -0.4 is 5.32 Å². The van der Waals surface area contributed by atoms with Crippen LogP contribution in [0.3, 0.4) is 0 Å². The molecule has 0 spiro atoms. The molecule has 0 atom stereocenters. The van der Waals surface area contributed by atoms with Gasteiger partial charge in [0.05, 0.1) is 11.4 Å². The first-order valence-electron chi connectivity index (χ1n) is 6.30. The highest BCUT2D eigenvalue weighted by Gasteiger charge is 2.25. The molecule has 3 nitrogen and oxygen atoms in total. The topological polar surface area (TPSA) is 41.5 Å². The monoisotopic (exact) mass is 260 g/mol. The minimum atomic E-state index is -0.163. The van der Waals surface area contributed by atoms with Gasteiger partial charge in [0.2, 0.25) is 0 Å². The van der Waals surface area contributed by atoms with Crippen LogP contribution in [0.15, 0.2) is 53.5 Å². The molecule has 0 unspecified atom stereocenters. The van der Waals surface area contributed by atoms with Crippen LogP contribution in [0, 0.1) is 11.8 Å². The number of carbonyl (C=O) groups is 1. The van der Waals surface area contributed by atoms with Crippen molar-refractivity contribution in [2.75, 3.05) is 5.32 Å². The van der Waals surface area contributed by atoms with Gasteiger partial charge in [-0.05, 0) is 37.3 Å². The Labute approximate surface area is 117 Å². The van der Waals surface area contributed by atoms with Crippen LogP contribution in [0.4, 0.5) is 11.4 Å². The average molecular weight is 260 g/mol. The number of hydrogen-bond donors (Lipinski definition) is 1. The smallest absolute Gasteiger partial charge is 0.275 e. The van der Waals surface area contributed by atoms with E-state index in [9.17, 15) is 4.79 Å². The van der Waals surface area contributed by atoms with Crippen LogP contribution in [0.5, 0.6) is 0 Å². The van der Waals surface area contributed by atoms with E-state index in [1.54, 1.807) is 6.92 Å². The van der Waals surface area contributed by atoms with E-state index in [2.05, 4.69) is 22.2 Å². The van der Waals surface area contributed by atoms with Gasteiger partial charge >= 0.3 is 0 Å². The Morgan fingerprint density at radius 1 is 1.05 bits per heavy atom. The van der Waals surface area contributed by atoms with Crippen molar-refractivity contribution in [1.82, 2.24) is 0 Å². The quantitative estimate of drug-likeness (QED) is 0.786. The first-order valence-corrected chi connectivity index (χ1v) is 6.30. The summed E-state index contributed by atoms with van der Waals surface area (Å²) in [5.74, 6) is 5.66. The molecule has 0 radical (unpaired) electrons. The molecule has 1 heterocycles. The van der Waals surface area contributed by atoms with Crippen LogP contribution >= 0.6 is 0 Å². The maximum Gasteiger partial charge on any atom is 0.275 e. The van der Waals surface area contributed by atoms with Crippen molar-refractivity contribution in [3.8, 4) is 11.8 Å². The molecule has 0 fully saturated rings. The SMILES string of the molecule is CC#Cc1ccc(N=C2C(=O)Nc3ccccc32)cc1. The second-order valence-corrected chi connectivity index (χ2v) is 4.38. The normalized spacial score (nSPS) is 14.4. The maximum atomic E-state index is 11.9. The predicted octanol–water partition coefficient (Wildman–Crippen LogP) is 3.13. The molecule has 1 amide bonds. The van der Waals surface area contributed by atoms with Crippen LogP contribution in [0.2, 0.25) is 0 Å². The molecule has 20 heavy (non-hydrogen) atoms. The summed E-state index contributed by atoms with van der Waals surface area (Å²) < 4.78 is 0. The Morgan fingerprint density at radius 2 is 1.80 bits per heavy atom. The largest absolute Gasteiger partial charge is 0.320 e. The molecule has 0 aromatic heterocycles. The van der Waals surface area contributed by atoms with Crippen molar-refractivity contribution in [2.45, 2.75) is 6.92 Å². The minimum absolute atomic E-state index is 0.163. The lowest BCUT2D eigenvalue weighted by molar-refractivity contribution is -0.110. The number of para-hydroxylation sites is 1. The Morgan fingerprint density at radius 3 is 2.55 bits per heavy atom. The second-order valence-electron chi connectivity index (χ2n) is 4.38. The number of fused-ring (bicyclic) bond motifs is 1. The van der Waals surface area contributed by atoms with E-state index < -0.39 is 0 Å². The number of nitrogens with one attached hydrogen (secondary N) is 1. The molecular formula is C17H12N2O. The van der Waals surface area contributed by atoms with E-state index >= 15 is 0 Å². The van der Waals surface area contributed by atoms with Gasteiger partial charge in [0.25, 0.3) is 5.91 Å². The van der Waals surface area contributed by atoms with E-state index in [0.29, 0.717) is 5.71 Å². The number of nitrogens with zero attached hydrogens (tertiary/aromatic N) is 1. The second kappa shape index (κ2) is 5.02. The Balaban J connectivity index is 1.99. The molecule has 1 N–H and O–H groups in total. The molecule has 0 saturated heterocycles. The number of amides is 1. The Kier molecular flexibility index (Phi) is 3.06. The van der Waals surface area contributed by atoms with Gasteiger partial charge in [-0.1, -0.05) is 24.1 Å². The molecule has 3 heteroatoms. The summed E-state index contributed by atoms with van der Waals surface area (Å²) in [7, 11) is 0. The number of benzene rings is 2. The summed E-state index contributed by atoms with van der Waals surface area (Å²) in [5.41, 5.74) is 3.79. The number of anilines is 1. The van der Waals surface area contributed by atoms with Gasteiger partial charge in [0, 0.05) is 11.1 Å². The van der Waals surface area contributed by atoms with E-state index in [4.69, 9.17) is 0 Å². The van der Waals surface area contributed by atoms with Crippen molar-refractivity contribution in [3.63, 3.8) is 0 Å². The minimum Gasteiger partial charge on any atom is -0.320 e. The van der Waals surface area contributed by atoms with E-state index in [-0.39, 0.29) is 5.91 Å². The standard InChI is InChI=1S/C17H12N2O/c1-2-5-12-8-10-13(11-9-12)18-16-14-6-3-4-7-15(14)19-17(16)20/h3-4,6-11H,1H3,(H,18,19,20). The number of rotatable bonds is 1. The van der Waals surface area contributed by atoms with E-state index in [1.807, 2.05) is 48.5 Å². The maximum absolute atomic E-state index is 11.9. The first-order chi connectivity index (χ1) is 9.78. The van der Waals surface area contributed by atoms with Crippen molar-refractivity contribution in [2.24, 2.45) is 4.99 Å².